The molecule has 12 heteroatoms. The number of aliphatic hydroxyl groups excluding tert-OH is 1. The van der Waals surface area contributed by atoms with Crippen LogP contribution in [0, 0.1) is 11.3 Å². The number of imidazole rings is 1. The molecule has 6 rings (SSSR count). The van der Waals surface area contributed by atoms with Gasteiger partial charge in [0.05, 0.1) is 29.9 Å². The molecule has 1 saturated carbocycles. The summed E-state index contributed by atoms with van der Waals surface area (Å²) >= 11 is 0. The molecule has 2 fully saturated rings. The second-order valence-corrected chi connectivity index (χ2v) is 9.10. The van der Waals surface area contributed by atoms with Gasteiger partial charge in [0, 0.05) is 50.5 Å². The van der Waals surface area contributed by atoms with Crippen molar-refractivity contribution in [3.8, 4) is 11.8 Å². The number of aliphatic hydroxyl groups is 1. The van der Waals surface area contributed by atoms with Gasteiger partial charge in [-0.05, 0) is 31.0 Å². The molecule has 12 nitrogen and oxygen atoms in total. The monoisotopic (exact) mass is 485 g/mol. The van der Waals surface area contributed by atoms with Gasteiger partial charge in [-0.2, -0.15) is 9.78 Å². The topological polar surface area (TPSA) is 135 Å². The van der Waals surface area contributed by atoms with E-state index in [0.29, 0.717) is 29.7 Å². The first-order valence-electron chi connectivity index (χ1n) is 12.1. The minimum atomic E-state index is 0.180. The molecule has 1 aliphatic heterocycles. The largest absolute Gasteiger partial charge is 0.395 e. The molecule has 0 radical (unpaired) electrons. The summed E-state index contributed by atoms with van der Waals surface area (Å²) in [6.45, 7) is 4.42. The van der Waals surface area contributed by atoms with E-state index in [1.165, 1.54) is 0 Å². The van der Waals surface area contributed by atoms with E-state index in [-0.39, 0.29) is 6.61 Å². The zero-order chi connectivity index (χ0) is 24.5. The van der Waals surface area contributed by atoms with Gasteiger partial charge in [0.1, 0.15) is 18.7 Å². The van der Waals surface area contributed by atoms with Crippen molar-refractivity contribution in [2.24, 2.45) is 0 Å². The molecule has 0 atom stereocenters. The smallest absolute Gasteiger partial charge is 0.178 e. The van der Waals surface area contributed by atoms with Gasteiger partial charge in [0.2, 0.25) is 0 Å². The molecule has 184 valence electrons. The van der Waals surface area contributed by atoms with E-state index in [1.807, 2.05) is 16.7 Å². The lowest BCUT2D eigenvalue weighted by Gasteiger charge is -2.36. The van der Waals surface area contributed by atoms with Crippen molar-refractivity contribution in [1.29, 1.82) is 5.26 Å². The third-order valence-corrected chi connectivity index (χ3v) is 6.59. The zero-order valence-corrected chi connectivity index (χ0v) is 19.7. The number of rotatable bonds is 8. The lowest BCUT2D eigenvalue weighted by Crippen LogP contribution is -2.47. The van der Waals surface area contributed by atoms with E-state index >= 15 is 0 Å². The van der Waals surface area contributed by atoms with Crippen LogP contribution in [0.15, 0.2) is 43.1 Å². The molecule has 4 aromatic rings. The van der Waals surface area contributed by atoms with E-state index in [9.17, 15) is 10.4 Å². The molecule has 36 heavy (non-hydrogen) atoms. The molecule has 0 unspecified atom stereocenters. The maximum atomic E-state index is 9.51. The highest BCUT2D eigenvalue weighted by Crippen LogP contribution is 2.32. The Kier molecular flexibility index (Phi) is 5.84. The summed E-state index contributed by atoms with van der Waals surface area (Å²) in [7, 11) is 0. The summed E-state index contributed by atoms with van der Waals surface area (Å²) in [6, 6.07) is 10.7. The first kappa shape index (κ1) is 22.3. The molecule has 1 saturated heterocycles. The molecule has 1 aliphatic carbocycles. The molecule has 0 amide bonds. The van der Waals surface area contributed by atoms with Crippen LogP contribution in [0.4, 0.5) is 22.9 Å². The number of β-amino-alcohol motifs (C(OH)–C–C–N with tert-alkyl or cyclic N) is 1. The number of benzene rings is 1. The van der Waals surface area contributed by atoms with Gasteiger partial charge in [-0.15, -0.1) is 15.3 Å². The van der Waals surface area contributed by atoms with E-state index < -0.39 is 0 Å². The average Bonchev–Trinajstić information content (AvgIpc) is 3.37. The third kappa shape index (κ3) is 4.41. The van der Waals surface area contributed by atoms with Crippen molar-refractivity contribution in [3.63, 3.8) is 0 Å². The SMILES string of the molecule is N#Cc1cnc2c(NC3CC3)cc(Nc3ccc(N4CCN(CCO)CC4)c(-n4cnnc4)c3)nn12. The van der Waals surface area contributed by atoms with Crippen LogP contribution in [0.2, 0.25) is 0 Å². The van der Waals surface area contributed by atoms with Crippen LogP contribution in [0.3, 0.4) is 0 Å². The Morgan fingerprint density at radius 2 is 1.86 bits per heavy atom. The van der Waals surface area contributed by atoms with E-state index in [0.717, 1.165) is 61.8 Å². The van der Waals surface area contributed by atoms with Gasteiger partial charge in [-0.25, -0.2) is 4.98 Å². The van der Waals surface area contributed by atoms with Crippen molar-refractivity contribution >= 4 is 28.5 Å². The summed E-state index contributed by atoms with van der Waals surface area (Å²) < 4.78 is 3.48. The number of aromatic nitrogens is 6. The van der Waals surface area contributed by atoms with Crippen LogP contribution in [-0.4, -0.2) is 84.7 Å². The normalized spacial score (nSPS) is 16.3. The fraction of sp³-hybridized carbons (Fsp3) is 0.375. The van der Waals surface area contributed by atoms with Crippen LogP contribution < -0.4 is 15.5 Å². The zero-order valence-electron chi connectivity index (χ0n) is 19.7. The van der Waals surface area contributed by atoms with Crippen molar-refractivity contribution in [3.05, 3.63) is 48.8 Å². The maximum Gasteiger partial charge on any atom is 0.178 e. The first-order valence-corrected chi connectivity index (χ1v) is 12.1. The second-order valence-electron chi connectivity index (χ2n) is 9.10. The lowest BCUT2D eigenvalue weighted by atomic mass is 10.2. The Balaban J connectivity index is 1.32. The molecule has 0 bridgehead atoms. The van der Waals surface area contributed by atoms with Crippen molar-refractivity contribution in [2.45, 2.75) is 18.9 Å². The molecule has 3 aromatic heterocycles. The molecular weight excluding hydrogens is 458 g/mol. The van der Waals surface area contributed by atoms with Gasteiger partial charge in [0.15, 0.2) is 17.2 Å². The number of piperazine rings is 1. The molecule has 1 aromatic carbocycles. The summed E-state index contributed by atoms with van der Waals surface area (Å²) in [5, 5.41) is 38.3. The van der Waals surface area contributed by atoms with Crippen LogP contribution >= 0.6 is 0 Å². The van der Waals surface area contributed by atoms with Crippen LogP contribution in [0.5, 0.6) is 0 Å². The third-order valence-electron chi connectivity index (χ3n) is 6.59. The molecule has 4 heterocycles. The Bertz CT molecular complexity index is 1400. The first-order chi connectivity index (χ1) is 17.7. The highest BCUT2D eigenvalue weighted by atomic mass is 16.3. The summed E-state index contributed by atoms with van der Waals surface area (Å²) in [5.74, 6) is 0.611. The Hall–Kier alpha value is -4.21. The highest BCUT2D eigenvalue weighted by molar-refractivity contribution is 5.75. The van der Waals surface area contributed by atoms with Crippen LogP contribution in [-0.2, 0) is 0 Å². The van der Waals surface area contributed by atoms with Crippen LogP contribution in [0.1, 0.15) is 18.5 Å². The van der Waals surface area contributed by atoms with E-state index in [2.05, 4.69) is 58.9 Å². The number of hydrogen-bond acceptors (Lipinski definition) is 10. The number of hydrogen-bond donors (Lipinski definition) is 3. The van der Waals surface area contributed by atoms with Crippen molar-refractivity contribution in [1.82, 2.24) is 34.3 Å². The van der Waals surface area contributed by atoms with Gasteiger partial charge in [0.25, 0.3) is 0 Å². The quantitative estimate of drug-likeness (QED) is 0.338. The summed E-state index contributed by atoms with van der Waals surface area (Å²) in [6.07, 6.45) is 7.18. The van der Waals surface area contributed by atoms with Crippen LogP contribution in [0.25, 0.3) is 11.3 Å². The Morgan fingerprint density at radius 3 is 2.58 bits per heavy atom. The summed E-state index contributed by atoms with van der Waals surface area (Å²) in [5.41, 5.74) is 4.78. The number of nitrogens with zero attached hydrogens (tertiary/aromatic N) is 9. The Labute approximate surface area is 207 Å². The van der Waals surface area contributed by atoms with Gasteiger partial charge >= 0.3 is 0 Å². The number of nitriles is 1. The highest BCUT2D eigenvalue weighted by Gasteiger charge is 2.24. The molecular formula is C24H27N11O. The lowest BCUT2D eigenvalue weighted by molar-refractivity contribution is 0.189. The maximum absolute atomic E-state index is 9.51. The Morgan fingerprint density at radius 1 is 1.06 bits per heavy atom. The predicted octanol–water partition coefficient (Wildman–Crippen LogP) is 1.61. The van der Waals surface area contributed by atoms with Gasteiger partial charge in [-0.1, -0.05) is 0 Å². The van der Waals surface area contributed by atoms with E-state index in [4.69, 9.17) is 0 Å². The van der Waals surface area contributed by atoms with Gasteiger partial charge < -0.3 is 20.6 Å². The minimum Gasteiger partial charge on any atom is -0.395 e. The molecule has 3 N–H and O–H groups in total. The summed E-state index contributed by atoms with van der Waals surface area (Å²) in [4.78, 5) is 9.01. The fourth-order valence-electron chi connectivity index (χ4n) is 4.56. The predicted molar refractivity (Wildman–Crippen MR) is 135 cm³/mol. The number of anilines is 4. The van der Waals surface area contributed by atoms with Crippen molar-refractivity contribution < 1.29 is 5.11 Å². The molecule has 0 spiro atoms. The fourth-order valence-corrected chi connectivity index (χ4v) is 4.56. The van der Waals surface area contributed by atoms with E-state index in [1.54, 1.807) is 23.4 Å². The second kappa shape index (κ2) is 9.44. The van der Waals surface area contributed by atoms with Gasteiger partial charge in [-0.3, -0.25) is 9.47 Å². The standard InChI is InChI=1S/C24H27N11O/c25-13-19-14-26-24-20(29-17-1-2-17)12-23(31-35(19)24)30-18-3-4-21(22(11-18)34-15-27-28-16-34)33-7-5-32(6-8-33)9-10-36/h3-4,11-12,14-17,29,36H,1-2,5-10H2,(H,30,31). The number of fused-ring (bicyclic) bond motifs is 1. The van der Waals surface area contributed by atoms with Crippen molar-refractivity contribution in [2.75, 3.05) is 54.9 Å². The number of nitrogens with one attached hydrogen (secondary N) is 2. The average molecular weight is 486 g/mol. The minimum absolute atomic E-state index is 0.180. The molecule has 2 aliphatic rings.